The first kappa shape index (κ1) is 12.1. The Morgan fingerprint density at radius 2 is 2.25 bits per heavy atom. The first-order valence-corrected chi connectivity index (χ1v) is 5.74. The van der Waals surface area contributed by atoms with Crippen LogP contribution in [-0.2, 0) is 15.5 Å². The van der Waals surface area contributed by atoms with Crippen molar-refractivity contribution in [1.82, 2.24) is 5.32 Å². The molecule has 4 heteroatoms. The Morgan fingerprint density at radius 3 is 2.67 bits per heavy atom. The predicted octanol–water partition coefficient (Wildman–Crippen LogP) is 0.380. The van der Waals surface area contributed by atoms with Crippen LogP contribution in [0.3, 0.4) is 0 Å². The first-order valence-electron chi connectivity index (χ1n) is 4.25. The molecule has 0 bridgehead atoms. The standard InChI is InChI=1S/C8H19NO2S/c1-4-5-12(10)7-8(9-2)6-11-3/h8-9H,4-7H2,1-3H3. The van der Waals surface area contributed by atoms with Crippen molar-refractivity contribution in [3.63, 3.8) is 0 Å². The maximum Gasteiger partial charge on any atom is 0.0624 e. The molecular formula is C8H19NO2S. The van der Waals surface area contributed by atoms with Crippen LogP contribution < -0.4 is 5.32 Å². The van der Waals surface area contributed by atoms with Crippen molar-refractivity contribution in [3.8, 4) is 0 Å². The molecule has 0 aromatic heterocycles. The summed E-state index contributed by atoms with van der Waals surface area (Å²) >= 11 is 0. The zero-order chi connectivity index (χ0) is 9.40. The second-order valence-electron chi connectivity index (χ2n) is 2.75. The Kier molecular flexibility index (Phi) is 7.75. The molecule has 0 aliphatic heterocycles. The molecule has 12 heavy (non-hydrogen) atoms. The van der Waals surface area contributed by atoms with E-state index in [1.54, 1.807) is 7.11 Å². The lowest BCUT2D eigenvalue weighted by Crippen LogP contribution is -2.35. The second kappa shape index (κ2) is 7.71. The molecular weight excluding hydrogens is 174 g/mol. The molecule has 0 fully saturated rings. The van der Waals surface area contributed by atoms with Crippen molar-refractivity contribution < 1.29 is 8.95 Å². The van der Waals surface area contributed by atoms with E-state index in [1.807, 2.05) is 14.0 Å². The lowest BCUT2D eigenvalue weighted by molar-refractivity contribution is 0.176. The normalized spacial score (nSPS) is 15.9. The van der Waals surface area contributed by atoms with E-state index in [4.69, 9.17) is 4.74 Å². The molecule has 2 unspecified atom stereocenters. The Morgan fingerprint density at radius 1 is 1.58 bits per heavy atom. The van der Waals surface area contributed by atoms with Crippen LogP contribution >= 0.6 is 0 Å². The first-order chi connectivity index (χ1) is 5.74. The highest BCUT2D eigenvalue weighted by Gasteiger charge is 2.09. The average molecular weight is 193 g/mol. The van der Waals surface area contributed by atoms with Gasteiger partial charge in [0.2, 0.25) is 0 Å². The van der Waals surface area contributed by atoms with Crippen molar-refractivity contribution in [2.45, 2.75) is 19.4 Å². The molecule has 0 saturated heterocycles. The summed E-state index contributed by atoms with van der Waals surface area (Å²) in [6.07, 6.45) is 0.982. The summed E-state index contributed by atoms with van der Waals surface area (Å²) in [5, 5.41) is 3.07. The fourth-order valence-corrected chi connectivity index (χ4v) is 2.29. The highest BCUT2D eigenvalue weighted by atomic mass is 32.2. The molecule has 0 amide bonds. The van der Waals surface area contributed by atoms with E-state index in [0.29, 0.717) is 12.4 Å². The molecule has 3 nitrogen and oxygen atoms in total. The Balaban J connectivity index is 3.61. The largest absolute Gasteiger partial charge is 0.383 e. The minimum absolute atomic E-state index is 0.224. The summed E-state index contributed by atoms with van der Waals surface area (Å²) < 4.78 is 16.3. The number of methoxy groups -OCH3 is 1. The van der Waals surface area contributed by atoms with Gasteiger partial charge in [-0.05, 0) is 13.5 Å². The summed E-state index contributed by atoms with van der Waals surface area (Å²) in [6.45, 7) is 2.68. The number of likely N-dealkylation sites (N-methyl/N-ethyl adjacent to an activating group) is 1. The van der Waals surface area contributed by atoms with Crippen molar-refractivity contribution >= 4 is 10.8 Å². The van der Waals surface area contributed by atoms with Gasteiger partial charge in [0.1, 0.15) is 0 Å². The van der Waals surface area contributed by atoms with E-state index in [0.717, 1.165) is 12.2 Å². The average Bonchev–Trinajstić information content (AvgIpc) is 2.04. The molecule has 2 atom stereocenters. The van der Waals surface area contributed by atoms with Gasteiger partial charge in [-0.1, -0.05) is 6.92 Å². The van der Waals surface area contributed by atoms with Crippen LogP contribution in [0, 0.1) is 0 Å². The van der Waals surface area contributed by atoms with E-state index in [-0.39, 0.29) is 6.04 Å². The third-order valence-electron chi connectivity index (χ3n) is 1.59. The van der Waals surface area contributed by atoms with Crippen LogP contribution in [0.5, 0.6) is 0 Å². The number of rotatable bonds is 7. The van der Waals surface area contributed by atoms with E-state index in [9.17, 15) is 4.21 Å². The van der Waals surface area contributed by atoms with Crippen molar-refractivity contribution in [2.24, 2.45) is 0 Å². The molecule has 0 aromatic rings. The van der Waals surface area contributed by atoms with E-state index in [2.05, 4.69) is 5.32 Å². The van der Waals surface area contributed by atoms with Gasteiger partial charge in [-0.15, -0.1) is 0 Å². The summed E-state index contributed by atoms with van der Waals surface area (Å²) in [5.41, 5.74) is 0. The topological polar surface area (TPSA) is 38.3 Å². The quantitative estimate of drug-likeness (QED) is 0.635. The molecule has 0 aromatic carbocycles. The van der Waals surface area contributed by atoms with Crippen LogP contribution in [0.1, 0.15) is 13.3 Å². The molecule has 0 aliphatic carbocycles. The maximum absolute atomic E-state index is 11.3. The summed E-state index contributed by atoms with van der Waals surface area (Å²) in [4.78, 5) is 0. The van der Waals surface area contributed by atoms with Crippen molar-refractivity contribution in [1.29, 1.82) is 0 Å². The molecule has 0 aliphatic rings. The SMILES string of the molecule is CCCS(=O)CC(COC)NC. The van der Waals surface area contributed by atoms with Gasteiger partial charge >= 0.3 is 0 Å². The molecule has 1 N–H and O–H groups in total. The van der Waals surface area contributed by atoms with Crippen LogP contribution in [0.2, 0.25) is 0 Å². The minimum atomic E-state index is -0.694. The molecule has 0 saturated carbocycles. The molecule has 0 rings (SSSR count). The van der Waals surface area contributed by atoms with Crippen LogP contribution in [0.4, 0.5) is 0 Å². The monoisotopic (exact) mass is 193 g/mol. The highest BCUT2D eigenvalue weighted by Crippen LogP contribution is 1.92. The Bertz CT molecular complexity index is 130. The summed E-state index contributed by atoms with van der Waals surface area (Å²) in [5.74, 6) is 1.49. The molecule has 0 spiro atoms. The van der Waals surface area contributed by atoms with E-state index < -0.39 is 10.8 Å². The lowest BCUT2D eigenvalue weighted by atomic mass is 10.4. The van der Waals surface area contributed by atoms with Crippen LogP contribution in [-0.4, -0.2) is 42.5 Å². The Labute approximate surface area is 77.3 Å². The number of ether oxygens (including phenoxy) is 1. The summed E-state index contributed by atoms with van der Waals surface area (Å²) in [7, 11) is 2.83. The van der Waals surface area contributed by atoms with Gasteiger partial charge in [0.15, 0.2) is 0 Å². The smallest absolute Gasteiger partial charge is 0.0624 e. The molecule has 0 heterocycles. The second-order valence-corrected chi connectivity index (χ2v) is 4.37. The van der Waals surface area contributed by atoms with Gasteiger partial charge in [0.05, 0.1) is 6.61 Å². The van der Waals surface area contributed by atoms with Gasteiger partial charge in [-0.25, -0.2) is 0 Å². The number of hydrogen-bond donors (Lipinski definition) is 1. The zero-order valence-electron chi connectivity index (χ0n) is 8.13. The minimum Gasteiger partial charge on any atom is -0.383 e. The third kappa shape index (κ3) is 5.69. The number of hydrogen-bond acceptors (Lipinski definition) is 3. The summed E-state index contributed by atoms with van der Waals surface area (Å²) in [6, 6.07) is 0.224. The fraction of sp³-hybridized carbons (Fsp3) is 1.00. The van der Waals surface area contributed by atoms with E-state index in [1.165, 1.54) is 0 Å². The maximum atomic E-state index is 11.3. The van der Waals surface area contributed by atoms with Crippen LogP contribution in [0.25, 0.3) is 0 Å². The fourth-order valence-electron chi connectivity index (χ4n) is 0.951. The van der Waals surface area contributed by atoms with Gasteiger partial charge in [0.25, 0.3) is 0 Å². The number of nitrogens with one attached hydrogen (secondary N) is 1. The third-order valence-corrected chi connectivity index (χ3v) is 3.23. The van der Waals surface area contributed by atoms with Gasteiger partial charge in [-0.3, -0.25) is 4.21 Å². The van der Waals surface area contributed by atoms with Gasteiger partial charge in [0, 0.05) is 35.5 Å². The van der Waals surface area contributed by atoms with Gasteiger partial charge < -0.3 is 10.1 Å². The van der Waals surface area contributed by atoms with Crippen LogP contribution in [0.15, 0.2) is 0 Å². The Hall–Kier alpha value is 0.0700. The highest BCUT2D eigenvalue weighted by molar-refractivity contribution is 7.85. The lowest BCUT2D eigenvalue weighted by Gasteiger charge is -2.13. The van der Waals surface area contributed by atoms with Crippen molar-refractivity contribution in [2.75, 3.05) is 32.3 Å². The molecule has 0 radical (unpaired) electrons. The van der Waals surface area contributed by atoms with Crippen molar-refractivity contribution in [3.05, 3.63) is 0 Å². The predicted molar refractivity (Wildman–Crippen MR) is 52.9 cm³/mol. The molecule has 74 valence electrons. The zero-order valence-corrected chi connectivity index (χ0v) is 8.95. The van der Waals surface area contributed by atoms with Gasteiger partial charge in [-0.2, -0.15) is 0 Å². The van der Waals surface area contributed by atoms with E-state index >= 15 is 0 Å².